The van der Waals surface area contributed by atoms with E-state index in [9.17, 15) is 13.2 Å². The molecule has 162 valence electrons. The highest BCUT2D eigenvalue weighted by Crippen LogP contribution is 2.38. The molecule has 0 atom stereocenters. The van der Waals surface area contributed by atoms with Crippen LogP contribution in [0.15, 0.2) is 88.6 Å². The van der Waals surface area contributed by atoms with E-state index in [1.165, 1.54) is 19.2 Å². The number of sulfonamides is 1. The van der Waals surface area contributed by atoms with Crippen LogP contribution in [0.5, 0.6) is 11.5 Å². The largest absolute Gasteiger partial charge is 0.457 e. The number of aromatic amines is 1. The molecule has 0 amide bonds. The van der Waals surface area contributed by atoms with Crippen molar-refractivity contribution >= 4 is 10.0 Å². The molecule has 0 saturated heterocycles. The molecule has 0 aliphatic rings. The minimum absolute atomic E-state index is 0.133. The number of rotatable bonds is 6. The maximum atomic E-state index is 12.4. The third-order valence-electron chi connectivity index (χ3n) is 5.06. The summed E-state index contributed by atoms with van der Waals surface area (Å²) in [7, 11) is -2.22. The molecule has 32 heavy (non-hydrogen) atoms. The third-order valence-corrected chi connectivity index (χ3v) is 6.49. The van der Waals surface area contributed by atoms with Crippen LogP contribution in [-0.2, 0) is 10.0 Å². The Labute approximate surface area is 185 Å². The molecule has 0 spiro atoms. The summed E-state index contributed by atoms with van der Waals surface area (Å²) in [5.74, 6) is 1.25. The van der Waals surface area contributed by atoms with Gasteiger partial charge in [0.05, 0.1) is 4.90 Å². The van der Waals surface area contributed by atoms with Gasteiger partial charge < -0.3 is 4.74 Å². The van der Waals surface area contributed by atoms with E-state index in [4.69, 9.17) is 4.74 Å². The molecule has 4 aromatic rings. The van der Waals surface area contributed by atoms with E-state index in [2.05, 4.69) is 14.9 Å². The van der Waals surface area contributed by atoms with Crippen LogP contribution in [0.1, 0.15) is 5.56 Å². The van der Waals surface area contributed by atoms with Crippen LogP contribution in [0.2, 0.25) is 0 Å². The summed E-state index contributed by atoms with van der Waals surface area (Å²) in [5, 5.41) is 6.87. The second kappa shape index (κ2) is 8.78. The van der Waals surface area contributed by atoms with Crippen molar-refractivity contribution in [2.75, 3.05) is 7.05 Å². The van der Waals surface area contributed by atoms with Gasteiger partial charge in [0.15, 0.2) is 0 Å². The van der Waals surface area contributed by atoms with Crippen molar-refractivity contribution in [2.24, 2.45) is 0 Å². The van der Waals surface area contributed by atoms with E-state index >= 15 is 0 Å². The summed E-state index contributed by atoms with van der Waals surface area (Å²) in [4.78, 5) is 12.5. The normalized spacial score (nSPS) is 11.3. The van der Waals surface area contributed by atoms with Crippen molar-refractivity contribution in [3.63, 3.8) is 0 Å². The fraction of sp³-hybridized carbons (Fsp3) is 0.0833. The van der Waals surface area contributed by atoms with E-state index in [1.54, 1.807) is 19.1 Å². The van der Waals surface area contributed by atoms with Gasteiger partial charge in [-0.1, -0.05) is 42.5 Å². The average molecular weight is 448 g/mol. The minimum atomic E-state index is -3.57. The highest BCUT2D eigenvalue weighted by Gasteiger charge is 2.19. The van der Waals surface area contributed by atoms with Crippen molar-refractivity contribution in [2.45, 2.75) is 11.8 Å². The van der Waals surface area contributed by atoms with Crippen LogP contribution in [-0.4, -0.2) is 25.7 Å². The van der Waals surface area contributed by atoms with Crippen molar-refractivity contribution < 1.29 is 13.2 Å². The van der Waals surface area contributed by atoms with E-state index < -0.39 is 10.0 Å². The number of nitrogens with one attached hydrogen (secondary N) is 2. The zero-order chi connectivity index (χ0) is 22.7. The fourth-order valence-corrected chi connectivity index (χ4v) is 4.10. The molecule has 0 aliphatic heterocycles. The Bertz CT molecular complexity index is 1410. The first-order valence-electron chi connectivity index (χ1n) is 9.86. The van der Waals surface area contributed by atoms with Crippen molar-refractivity contribution in [3.8, 4) is 33.9 Å². The molecular formula is C24H21N3O4S. The molecule has 1 heterocycles. The number of nitrogens with zero attached hydrogens (tertiary/aromatic N) is 1. The first kappa shape index (κ1) is 21.5. The highest BCUT2D eigenvalue weighted by atomic mass is 32.2. The number of H-pyrrole nitrogens is 1. The van der Waals surface area contributed by atoms with E-state index in [0.717, 1.165) is 0 Å². The molecule has 8 heteroatoms. The number of benzene rings is 3. The van der Waals surface area contributed by atoms with Crippen LogP contribution in [0, 0.1) is 6.92 Å². The van der Waals surface area contributed by atoms with Crippen molar-refractivity contribution in [1.29, 1.82) is 0 Å². The number of aromatic nitrogens is 2. The molecule has 0 aliphatic carbocycles. The SMILES string of the molecule is CNS(=O)(=O)c1ccc(-c2c(-c3ccccc3Oc3ccccc3)n[nH]c(=O)c2C)cc1. The third kappa shape index (κ3) is 4.18. The molecule has 2 N–H and O–H groups in total. The first-order chi connectivity index (χ1) is 15.4. The fourth-order valence-electron chi connectivity index (χ4n) is 3.37. The highest BCUT2D eigenvalue weighted by molar-refractivity contribution is 7.89. The Morgan fingerprint density at radius 3 is 2.25 bits per heavy atom. The molecule has 0 radical (unpaired) electrons. The zero-order valence-electron chi connectivity index (χ0n) is 17.5. The standard InChI is InChI=1S/C24H21N3O4S/c1-16-22(17-12-14-19(15-13-17)32(29,30)25-2)23(26-27-24(16)28)20-10-6-7-11-21(20)31-18-8-4-3-5-9-18/h3-15,25H,1-2H3,(H,27,28). The molecule has 0 unspecified atom stereocenters. The maximum Gasteiger partial charge on any atom is 0.267 e. The minimum Gasteiger partial charge on any atom is -0.457 e. The lowest BCUT2D eigenvalue weighted by Crippen LogP contribution is -2.18. The summed E-state index contributed by atoms with van der Waals surface area (Å²) in [6, 6.07) is 23.1. The maximum absolute atomic E-state index is 12.4. The Kier molecular flexibility index (Phi) is 5.89. The van der Waals surface area contributed by atoms with Gasteiger partial charge in [0.1, 0.15) is 17.2 Å². The first-order valence-corrected chi connectivity index (χ1v) is 11.3. The molecule has 0 fully saturated rings. The van der Waals surface area contributed by atoms with Crippen LogP contribution in [0.4, 0.5) is 0 Å². The van der Waals surface area contributed by atoms with Gasteiger partial charge in [-0.3, -0.25) is 4.79 Å². The lowest BCUT2D eigenvalue weighted by Gasteiger charge is -2.15. The second-order valence-electron chi connectivity index (χ2n) is 7.04. The van der Waals surface area contributed by atoms with Crippen LogP contribution in [0.25, 0.3) is 22.4 Å². The molecule has 1 aromatic heterocycles. The molecular weight excluding hydrogens is 426 g/mol. The predicted molar refractivity (Wildman–Crippen MR) is 123 cm³/mol. The number of para-hydroxylation sites is 2. The molecule has 0 saturated carbocycles. The lowest BCUT2D eigenvalue weighted by atomic mass is 9.96. The predicted octanol–water partition coefficient (Wildman–Crippen LogP) is 4.11. The van der Waals surface area contributed by atoms with Gasteiger partial charge in [0.2, 0.25) is 10.0 Å². The molecule has 0 bridgehead atoms. The van der Waals surface area contributed by atoms with Gasteiger partial charge in [-0.05, 0) is 55.9 Å². The van der Waals surface area contributed by atoms with Gasteiger partial charge >= 0.3 is 0 Å². The summed E-state index contributed by atoms with van der Waals surface area (Å²) in [5.41, 5.74) is 2.63. The summed E-state index contributed by atoms with van der Waals surface area (Å²) in [6.07, 6.45) is 0. The van der Waals surface area contributed by atoms with Crippen LogP contribution < -0.4 is 15.0 Å². The smallest absolute Gasteiger partial charge is 0.267 e. The Hall–Kier alpha value is -3.75. The van der Waals surface area contributed by atoms with Crippen molar-refractivity contribution in [1.82, 2.24) is 14.9 Å². The zero-order valence-corrected chi connectivity index (χ0v) is 18.3. The number of hydrogen-bond acceptors (Lipinski definition) is 5. The van der Waals surface area contributed by atoms with Crippen LogP contribution >= 0.6 is 0 Å². The monoisotopic (exact) mass is 447 g/mol. The van der Waals surface area contributed by atoms with Gasteiger partial charge in [0, 0.05) is 16.7 Å². The van der Waals surface area contributed by atoms with E-state index in [1.807, 2.05) is 54.6 Å². The number of hydrogen-bond donors (Lipinski definition) is 2. The van der Waals surface area contributed by atoms with Crippen LogP contribution in [0.3, 0.4) is 0 Å². The Morgan fingerprint density at radius 1 is 0.906 bits per heavy atom. The van der Waals surface area contributed by atoms with Gasteiger partial charge in [0.25, 0.3) is 5.56 Å². The van der Waals surface area contributed by atoms with Gasteiger partial charge in [-0.2, -0.15) is 5.10 Å². The average Bonchev–Trinajstić information content (AvgIpc) is 2.82. The quantitative estimate of drug-likeness (QED) is 0.463. The number of ether oxygens (including phenoxy) is 1. The molecule has 4 rings (SSSR count). The van der Waals surface area contributed by atoms with E-state index in [-0.39, 0.29) is 10.5 Å². The Morgan fingerprint density at radius 2 is 1.56 bits per heavy atom. The lowest BCUT2D eigenvalue weighted by molar-refractivity contribution is 0.484. The summed E-state index contributed by atoms with van der Waals surface area (Å²) >= 11 is 0. The topological polar surface area (TPSA) is 101 Å². The molecule has 3 aromatic carbocycles. The second-order valence-corrected chi connectivity index (χ2v) is 8.93. The summed E-state index contributed by atoms with van der Waals surface area (Å²) in [6.45, 7) is 1.71. The summed E-state index contributed by atoms with van der Waals surface area (Å²) < 4.78 is 32.5. The van der Waals surface area contributed by atoms with Gasteiger partial charge in [-0.15, -0.1) is 0 Å². The van der Waals surface area contributed by atoms with E-state index in [0.29, 0.717) is 39.4 Å². The van der Waals surface area contributed by atoms with Gasteiger partial charge in [-0.25, -0.2) is 18.2 Å². The Balaban J connectivity index is 1.87. The molecule has 7 nitrogen and oxygen atoms in total. The van der Waals surface area contributed by atoms with Crippen molar-refractivity contribution in [3.05, 3.63) is 94.8 Å².